The fraction of sp³-hybridized carbons (Fsp3) is 0.158. The SMILES string of the molecule is COc1ccc(-n2ncc(C(=O)NCc3ccccc3)c2C)cc1. The van der Waals surface area contributed by atoms with E-state index in [9.17, 15) is 4.79 Å². The molecular formula is C19H19N3O2. The minimum Gasteiger partial charge on any atom is -0.497 e. The Labute approximate surface area is 140 Å². The van der Waals surface area contributed by atoms with E-state index in [0.29, 0.717) is 12.1 Å². The lowest BCUT2D eigenvalue weighted by Crippen LogP contribution is -2.23. The van der Waals surface area contributed by atoms with Crippen LogP contribution in [0.2, 0.25) is 0 Å². The zero-order valence-electron chi connectivity index (χ0n) is 13.7. The average Bonchev–Trinajstić information content (AvgIpc) is 3.02. The topological polar surface area (TPSA) is 56.2 Å². The number of methoxy groups -OCH3 is 1. The monoisotopic (exact) mass is 321 g/mol. The van der Waals surface area contributed by atoms with E-state index >= 15 is 0 Å². The van der Waals surface area contributed by atoms with Crippen LogP contribution in [0, 0.1) is 6.92 Å². The summed E-state index contributed by atoms with van der Waals surface area (Å²) >= 11 is 0. The minimum absolute atomic E-state index is 0.129. The second-order valence-corrected chi connectivity index (χ2v) is 5.42. The first kappa shape index (κ1) is 15.8. The van der Waals surface area contributed by atoms with Crippen LogP contribution >= 0.6 is 0 Å². The Bertz CT molecular complexity index is 824. The quantitative estimate of drug-likeness (QED) is 0.785. The van der Waals surface area contributed by atoms with Gasteiger partial charge in [0.25, 0.3) is 5.91 Å². The molecule has 0 saturated heterocycles. The van der Waals surface area contributed by atoms with Crippen molar-refractivity contribution < 1.29 is 9.53 Å². The Hall–Kier alpha value is -3.08. The molecule has 122 valence electrons. The molecule has 0 unspecified atom stereocenters. The summed E-state index contributed by atoms with van der Waals surface area (Å²) < 4.78 is 6.91. The number of benzene rings is 2. The van der Waals surface area contributed by atoms with Gasteiger partial charge in [-0.05, 0) is 36.8 Å². The fourth-order valence-corrected chi connectivity index (χ4v) is 2.49. The molecule has 24 heavy (non-hydrogen) atoms. The summed E-state index contributed by atoms with van der Waals surface area (Å²) in [5.74, 6) is 0.653. The van der Waals surface area contributed by atoms with Crippen LogP contribution in [0.15, 0.2) is 60.8 Å². The molecule has 0 aliphatic rings. The molecule has 5 heteroatoms. The highest BCUT2D eigenvalue weighted by Crippen LogP contribution is 2.18. The van der Waals surface area contributed by atoms with Gasteiger partial charge in [-0.1, -0.05) is 30.3 Å². The first-order chi connectivity index (χ1) is 11.7. The molecule has 0 atom stereocenters. The third-order valence-corrected chi connectivity index (χ3v) is 3.87. The first-order valence-corrected chi connectivity index (χ1v) is 7.70. The number of hydrogen-bond acceptors (Lipinski definition) is 3. The van der Waals surface area contributed by atoms with Crippen molar-refractivity contribution >= 4 is 5.91 Å². The third kappa shape index (κ3) is 3.30. The second-order valence-electron chi connectivity index (χ2n) is 5.42. The van der Waals surface area contributed by atoms with Crippen molar-refractivity contribution in [2.45, 2.75) is 13.5 Å². The number of nitrogens with zero attached hydrogens (tertiary/aromatic N) is 2. The van der Waals surface area contributed by atoms with Crippen molar-refractivity contribution in [1.29, 1.82) is 0 Å². The van der Waals surface area contributed by atoms with E-state index in [4.69, 9.17) is 4.74 Å². The second kappa shape index (κ2) is 7.00. The summed E-state index contributed by atoms with van der Waals surface area (Å²) in [6, 6.07) is 17.4. The summed E-state index contributed by atoms with van der Waals surface area (Å²) in [7, 11) is 1.63. The zero-order chi connectivity index (χ0) is 16.9. The highest BCUT2D eigenvalue weighted by Gasteiger charge is 2.14. The lowest BCUT2D eigenvalue weighted by Gasteiger charge is -2.07. The molecule has 5 nitrogen and oxygen atoms in total. The molecule has 0 bridgehead atoms. The lowest BCUT2D eigenvalue weighted by molar-refractivity contribution is 0.0950. The van der Waals surface area contributed by atoms with Crippen LogP contribution in [0.25, 0.3) is 5.69 Å². The fourth-order valence-electron chi connectivity index (χ4n) is 2.49. The number of nitrogens with one attached hydrogen (secondary N) is 1. The Morgan fingerprint density at radius 2 is 1.83 bits per heavy atom. The van der Waals surface area contributed by atoms with E-state index in [-0.39, 0.29) is 5.91 Å². The third-order valence-electron chi connectivity index (χ3n) is 3.87. The molecule has 0 aliphatic carbocycles. The van der Waals surface area contributed by atoms with Gasteiger partial charge in [0, 0.05) is 6.54 Å². The zero-order valence-corrected chi connectivity index (χ0v) is 13.7. The smallest absolute Gasteiger partial charge is 0.255 e. The van der Waals surface area contributed by atoms with E-state index in [1.165, 1.54) is 0 Å². The van der Waals surface area contributed by atoms with Crippen LogP contribution in [0.1, 0.15) is 21.6 Å². The summed E-state index contributed by atoms with van der Waals surface area (Å²) in [6.07, 6.45) is 1.60. The maximum Gasteiger partial charge on any atom is 0.255 e. The predicted molar refractivity (Wildman–Crippen MR) is 92.5 cm³/mol. The maximum atomic E-state index is 12.4. The number of carbonyl (C=O) groups excluding carboxylic acids is 1. The van der Waals surface area contributed by atoms with Crippen LogP contribution in [-0.2, 0) is 6.54 Å². The predicted octanol–water partition coefficient (Wildman–Crippen LogP) is 3.12. The number of amides is 1. The Morgan fingerprint density at radius 1 is 1.12 bits per heavy atom. The van der Waals surface area contributed by atoms with Crippen molar-refractivity contribution in [3.8, 4) is 11.4 Å². The summed E-state index contributed by atoms with van der Waals surface area (Å²) in [6.45, 7) is 2.38. The van der Waals surface area contributed by atoms with Crippen molar-refractivity contribution in [2.75, 3.05) is 7.11 Å². The van der Waals surface area contributed by atoms with Gasteiger partial charge in [0.05, 0.1) is 30.3 Å². The van der Waals surface area contributed by atoms with Gasteiger partial charge in [0.1, 0.15) is 5.75 Å². The molecule has 3 aromatic rings. The summed E-state index contributed by atoms with van der Waals surface area (Å²) in [5, 5.41) is 7.26. The van der Waals surface area contributed by atoms with Crippen molar-refractivity contribution in [3.63, 3.8) is 0 Å². The summed E-state index contributed by atoms with van der Waals surface area (Å²) in [5.41, 5.74) is 3.31. The Balaban J connectivity index is 1.75. The largest absolute Gasteiger partial charge is 0.497 e. The number of aromatic nitrogens is 2. The van der Waals surface area contributed by atoms with Crippen molar-refractivity contribution in [1.82, 2.24) is 15.1 Å². The van der Waals surface area contributed by atoms with Crippen LogP contribution in [0.5, 0.6) is 5.75 Å². The van der Waals surface area contributed by atoms with Crippen LogP contribution in [0.4, 0.5) is 0 Å². The molecule has 2 aromatic carbocycles. The summed E-state index contributed by atoms with van der Waals surface area (Å²) in [4.78, 5) is 12.4. The van der Waals surface area contributed by atoms with Gasteiger partial charge in [0.2, 0.25) is 0 Å². The molecule has 1 N–H and O–H groups in total. The number of ether oxygens (including phenoxy) is 1. The number of carbonyl (C=O) groups is 1. The average molecular weight is 321 g/mol. The first-order valence-electron chi connectivity index (χ1n) is 7.70. The van der Waals surface area contributed by atoms with Gasteiger partial charge >= 0.3 is 0 Å². The normalized spacial score (nSPS) is 10.4. The van der Waals surface area contributed by atoms with Gasteiger partial charge in [-0.2, -0.15) is 5.10 Å². The molecule has 3 rings (SSSR count). The Kier molecular flexibility index (Phi) is 4.61. The van der Waals surface area contributed by atoms with Crippen LogP contribution in [-0.4, -0.2) is 22.8 Å². The van der Waals surface area contributed by atoms with E-state index in [1.54, 1.807) is 18.0 Å². The molecule has 0 spiro atoms. The molecule has 1 heterocycles. The standard InChI is InChI=1S/C19H19N3O2/c1-14-18(19(23)20-12-15-6-4-3-5-7-15)13-21-22(14)16-8-10-17(24-2)11-9-16/h3-11,13H,12H2,1-2H3,(H,20,23). The van der Waals surface area contributed by atoms with E-state index in [1.807, 2.05) is 61.5 Å². The van der Waals surface area contributed by atoms with Gasteiger partial charge < -0.3 is 10.1 Å². The minimum atomic E-state index is -0.129. The molecule has 1 amide bonds. The highest BCUT2D eigenvalue weighted by atomic mass is 16.5. The van der Waals surface area contributed by atoms with E-state index in [0.717, 1.165) is 22.7 Å². The lowest BCUT2D eigenvalue weighted by atomic mass is 10.2. The number of rotatable bonds is 5. The highest BCUT2D eigenvalue weighted by molar-refractivity contribution is 5.95. The molecular weight excluding hydrogens is 302 g/mol. The maximum absolute atomic E-state index is 12.4. The van der Waals surface area contributed by atoms with Gasteiger partial charge in [-0.3, -0.25) is 4.79 Å². The van der Waals surface area contributed by atoms with Gasteiger partial charge in [-0.15, -0.1) is 0 Å². The van der Waals surface area contributed by atoms with Crippen LogP contribution in [0.3, 0.4) is 0 Å². The van der Waals surface area contributed by atoms with Crippen molar-refractivity contribution in [2.24, 2.45) is 0 Å². The molecule has 1 aromatic heterocycles. The molecule has 0 radical (unpaired) electrons. The molecule has 0 saturated carbocycles. The van der Waals surface area contributed by atoms with Crippen molar-refractivity contribution in [3.05, 3.63) is 77.6 Å². The Morgan fingerprint density at radius 3 is 2.50 bits per heavy atom. The van der Waals surface area contributed by atoms with E-state index in [2.05, 4.69) is 10.4 Å². The number of hydrogen-bond donors (Lipinski definition) is 1. The molecule has 0 fully saturated rings. The van der Waals surface area contributed by atoms with Gasteiger partial charge in [0.15, 0.2) is 0 Å². The van der Waals surface area contributed by atoms with E-state index < -0.39 is 0 Å². The van der Waals surface area contributed by atoms with Gasteiger partial charge in [-0.25, -0.2) is 4.68 Å². The van der Waals surface area contributed by atoms with Crippen LogP contribution < -0.4 is 10.1 Å². The molecule has 0 aliphatic heterocycles.